The van der Waals surface area contributed by atoms with Gasteiger partial charge in [0.1, 0.15) is 11.3 Å². The van der Waals surface area contributed by atoms with E-state index in [2.05, 4.69) is 20.6 Å². The number of aromatic nitrogens is 4. The summed E-state index contributed by atoms with van der Waals surface area (Å²) in [5, 5.41) is 0.425. The van der Waals surface area contributed by atoms with Crippen molar-refractivity contribution in [3.8, 4) is 11.4 Å². The maximum atomic E-state index is 4.81. The zero-order valence-corrected chi connectivity index (χ0v) is 12.5. The molecule has 3 aromatic rings. The number of hydrogen-bond acceptors (Lipinski definition) is 4. The molecule has 5 heteroatoms. The van der Waals surface area contributed by atoms with E-state index in [1.165, 1.54) is 25.0 Å². The van der Waals surface area contributed by atoms with Crippen molar-refractivity contribution < 1.29 is 0 Å². The van der Waals surface area contributed by atoms with Crippen LogP contribution in [-0.2, 0) is 0 Å². The fourth-order valence-electron chi connectivity index (χ4n) is 2.83. The van der Waals surface area contributed by atoms with Crippen LogP contribution in [0.5, 0.6) is 0 Å². The highest BCUT2D eigenvalue weighted by Crippen LogP contribution is 2.39. The van der Waals surface area contributed by atoms with Gasteiger partial charge in [0.15, 0.2) is 5.65 Å². The summed E-state index contributed by atoms with van der Waals surface area (Å²) in [5.74, 6) is 2.19. The number of fused-ring (bicyclic) bond motifs is 1. The van der Waals surface area contributed by atoms with Crippen LogP contribution < -0.4 is 0 Å². The van der Waals surface area contributed by atoms with Gasteiger partial charge in [-0.15, -0.1) is 11.8 Å². The Hall–Kier alpha value is -1.88. The highest BCUT2D eigenvalue weighted by molar-refractivity contribution is 7.99. The van der Waals surface area contributed by atoms with Crippen LogP contribution in [0.4, 0.5) is 0 Å². The van der Waals surface area contributed by atoms with Gasteiger partial charge in [-0.3, -0.25) is 9.55 Å². The van der Waals surface area contributed by atoms with E-state index >= 15 is 0 Å². The highest BCUT2D eigenvalue weighted by atomic mass is 32.2. The molecule has 1 fully saturated rings. The second-order valence-corrected chi connectivity index (χ2v) is 6.50. The van der Waals surface area contributed by atoms with E-state index in [0.29, 0.717) is 5.37 Å². The third kappa shape index (κ3) is 2.31. The van der Waals surface area contributed by atoms with Crippen molar-refractivity contribution >= 4 is 22.9 Å². The van der Waals surface area contributed by atoms with Crippen molar-refractivity contribution in [1.82, 2.24) is 19.5 Å². The molecule has 4 rings (SSSR count). The molecule has 4 heterocycles. The Kier molecular flexibility index (Phi) is 3.35. The van der Waals surface area contributed by atoms with E-state index in [1.54, 1.807) is 6.20 Å². The van der Waals surface area contributed by atoms with Crippen LogP contribution in [0.3, 0.4) is 0 Å². The van der Waals surface area contributed by atoms with Gasteiger partial charge in [-0.25, -0.2) is 9.97 Å². The molecule has 4 nitrogen and oxygen atoms in total. The van der Waals surface area contributed by atoms with Crippen molar-refractivity contribution in [1.29, 1.82) is 0 Å². The smallest absolute Gasteiger partial charge is 0.161 e. The molecule has 0 saturated carbocycles. The van der Waals surface area contributed by atoms with Crippen molar-refractivity contribution in [2.75, 3.05) is 5.75 Å². The van der Waals surface area contributed by atoms with E-state index in [9.17, 15) is 0 Å². The van der Waals surface area contributed by atoms with Gasteiger partial charge in [-0.2, -0.15) is 0 Å². The molecule has 0 bridgehead atoms. The third-order valence-electron chi connectivity index (χ3n) is 3.81. The Morgan fingerprint density at radius 1 is 1.14 bits per heavy atom. The van der Waals surface area contributed by atoms with Gasteiger partial charge in [0.05, 0.1) is 5.37 Å². The Bertz CT molecular complexity index is 747. The van der Waals surface area contributed by atoms with Crippen LogP contribution in [0, 0.1) is 0 Å². The lowest BCUT2D eigenvalue weighted by molar-refractivity contribution is 0.581. The molecular weight excluding hydrogens is 280 g/mol. The summed E-state index contributed by atoms with van der Waals surface area (Å²) in [4.78, 5) is 13.6. The number of nitrogens with zero attached hydrogens (tertiary/aromatic N) is 4. The van der Waals surface area contributed by atoms with Crippen molar-refractivity contribution in [3.05, 3.63) is 42.9 Å². The summed E-state index contributed by atoms with van der Waals surface area (Å²) < 4.78 is 2.30. The van der Waals surface area contributed by atoms with Gasteiger partial charge in [-0.1, -0.05) is 0 Å². The molecule has 0 spiro atoms. The Morgan fingerprint density at radius 2 is 2.10 bits per heavy atom. The highest BCUT2D eigenvalue weighted by Gasteiger charge is 2.23. The minimum atomic E-state index is 0.425. The van der Waals surface area contributed by atoms with Gasteiger partial charge < -0.3 is 0 Å². The number of thioether (sulfide) groups is 1. The standard InChI is InChI=1S/C16H16N4S/c1-2-10-21-14(7-1)20-15(12-5-3-8-17-11-12)19-13-6-4-9-18-16(13)20/h3-6,8-9,11,14H,1-2,7,10H2. The number of rotatable bonds is 2. The number of pyridine rings is 2. The van der Waals surface area contributed by atoms with Crippen molar-refractivity contribution in [2.24, 2.45) is 0 Å². The summed E-state index contributed by atoms with van der Waals surface area (Å²) >= 11 is 2.01. The zero-order valence-electron chi connectivity index (χ0n) is 11.6. The molecule has 1 aliphatic heterocycles. The van der Waals surface area contributed by atoms with Crippen LogP contribution >= 0.6 is 11.8 Å². The van der Waals surface area contributed by atoms with Crippen LogP contribution in [0.25, 0.3) is 22.6 Å². The maximum absolute atomic E-state index is 4.81. The first kappa shape index (κ1) is 12.8. The fraction of sp³-hybridized carbons (Fsp3) is 0.312. The van der Waals surface area contributed by atoms with Gasteiger partial charge in [0.25, 0.3) is 0 Å². The van der Waals surface area contributed by atoms with Crippen LogP contribution in [-0.4, -0.2) is 25.3 Å². The topological polar surface area (TPSA) is 43.6 Å². The molecule has 0 amide bonds. The van der Waals surface area contributed by atoms with Crippen LogP contribution in [0.15, 0.2) is 42.9 Å². The molecule has 0 radical (unpaired) electrons. The molecule has 0 aromatic carbocycles. The predicted octanol–water partition coefficient (Wildman–Crippen LogP) is 3.91. The molecule has 106 valence electrons. The number of imidazole rings is 1. The molecule has 1 unspecified atom stereocenters. The Morgan fingerprint density at radius 3 is 2.90 bits per heavy atom. The van der Waals surface area contributed by atoms with Gasteiger partial charge in [-0.05, 0) is 49.3 Å². The van der Waals surface area contributed by atoms with E-state index in [1.807, 2.05) is 42.4 Å². The lowest BCUT2D eigenvalue weighted by Crippen LogP contribution is -2.12. The lowest BCUT2D eigenvalue weighted by atomic mass is 10.2. The third-order valence-corrected chi connectivity index (χ3v) is 5.17. The molecule has 1 aliphatic rings. The lowest BCUT2D eigenvalue weighted by Gasteiger charge is -2.24. The quantitative estimate of drug-likeness (QED) is 0.719. The normalized spacial score (nSPS) is 19.0. The monoisotopic (exact) mass is 296 g/mol. The van der Waals surface area contributed by atoms with E-state index < -0.39 is 0 Å². The van der Waals surface area contributed by atoms with Crippen LogP contribution in [0.2, 0.25) is 0 Å². The second kappa shape index (κ2) is 5.48. The number of hydrogen-bond donors (Lipinski definition) is 0. The van der Waals surface area contributed by atoms with E-state index in [-0.39, 0.29) is 0 Å². The second-order valence-electron chi connectivity index (χ2n) is 5.21. The Balaban J connectivity index is 1.92. The average Bonchev–Trinajstić information content (AvgIpc) is 2.96. The SMILES string of the molecule is c1cncc(-c2nc3cccnc3n2C2CCCCS2)c1. The molecule has 1 saturated heterocycles. The summed E-state index contributed by atoms with van der Waals surface area (Å²) in [6.45, 7) is 0. The summed E-state index contributed by atoms with van der Waals surface area (Å²) in [6, 6.07) is 8.01. The molecule has 0 aliphatic carbocycles. The van der Waals surface area contributed by atoms with E-state index in [4.69, 9.17) is 4.98 Å². The first-order valence-electron chi connectivity index (χ1n) is 7.28. The summed E-state index contributed by atoms with van der Waals surface area (Å²) in [7, 11) is 0. The maximum Gasteiger partial charge on any atom is 0.161 e. The first-order chi connectivity index (χ1) is 10.4. The molecule has 0 N–H and O–H groups in total. The minimum absolute atomic E-state index is 0.425. The Labute approximate surface area is 127 Å². The largest absolute Gasteiger partial charge is 0.296 e. The molecule has 21 heavy (non-hydrogen) atoms. The molecular formula is C16H16N4S. The van der Waals surface area contributed by atoms with Crippen molar-refractivity contribution in [3.63, 3.8) is 0 Å². The summed E-state index contributed by atoms with van der Waals surface area (Å²) in [6.07, 6.45) is 9.29. The fourth-order valence-corrected chi connectivity index (χ4v) is 4.15. The zero-order chi connectivity index (χ0) is 14.1. The van der Waals surface area contributed by atoms with Gasteiger partial charge >= 0.3 is 0 Å². The molecule has 3 aromatic heterocycles. The van der Waals surface area contributed by atoms with Crippen LogP contribution in [0.1, 0.15) is 24.6 Å². The summed E-state index contributed by atoms with van der Waals surface area (Å²) in [5.41, 5.74) is 3.00. The van der Waals surface area contributed by atoms with Crippen molar-refractivity contribution in [2.45, 2.75) is 24.6 Å². The molecule has 1 atom stereocenters. The van der Waals surface area contributed by atoms with Gasteiger partial charge in [0, 0.05) is 24.2 Å². The average molecular weight is 296 g/mol. The minimum Gasteiger partial charge on any atom is -0.296 e. The van der Waals surface area contributed by atoms with Gasteiger partial charge in [0.2, 0.25) is 0 Å². The first-order valence-corrected chi connectivity index (χ1v) is 8.33. The van der Waals surface area contributed by atoms with E-state index in [0.717, 1.165) is 22.6 Å². The predicted molar refractivity (Wildman–Crippen MR) is 86.1 cm³/mol.